The molecule has 1 saturated carbocycles. The van der Waals surface area contributed by atoms with Gasteiger partial charge in [-0.25, -0.2) is 4.79 Å². The van der Waals surface area contributed by atoms with Crippen LogP contribution in [-0.4, -0.2) is 14.7 Å². The zero-order valence-corrected chi connectivity index (χ0v) is 12.0. The molecule has 106 valence electrons. The monoisotopic (exact) mass is 265 g/mol. The zero-order valence-electron chi connectivity index (χ0n) is 12.0. The second-order valence-electron chi connectivity index (χ2n) is 5.89. The van der Waals surface area contributed by atoms with E-state index in [9.17, 15) is 9.59 Å². The quantitative estimate of drug-likeness (QED) is 0.883. The predicted molar refractivity (Wildman–Crippen MR) is 75.3 cm³/mol. The summed E-state index contributed by atoms with van der Waals surface area (Å²) in [5.74, 6) is 0. The highest BCUT2D eigenvalue weighted by Crippen LogP contribution is 2.27. The summed E-state index contributed by atoms with van der Waals surface area (Å²) in [6, 6.07) is 0. The van der Waals surface area contributed by atoms with Crippen LogP contribution in [0.5, 0.6) is 0 Å². The lowest BCUT2D eigenvalue weighted by Gasteiger charge is -2.34. The van der Waals surface area contributed by atoms with Gasteiger partial charge < -0.3 is 9.88 Å². The first-order chi connectivity index (χ1) is 8.93. The minimum Gasteiger partial charge on any atom is -0.307 e. The third-order valence-electron chi connectivity index (χ3n) is 4.18. The maximum atomic E-state index is 12.0. The van der Waals surface area contributed by atoms with Gasteiger partial charge >= 0.3 is 5.69 Å². The van der Waals surface area contributed by atoms with Crippen molar-refractivity contribution < 1.29 is 0 Å². The third kappa shape index (κ3) is 2.97. The van der Waals surface area contributed by atoms with E-state index in [1.54, 1.807) is 13.2 Å². The molecule has 0 saturated heterocycles. The van der Waals surface area contributed by atoms with Crippen LogP contribution in [0.25, 0.3) is 0 Å². The largest absolute Gasteiger partial charge is 0.330 e. The Bertz CT molecular complexity index is 565. The highest BCUT2D eigenvalue weighted by atomic mass is 16.2. The first-order valence-corrected chi connectivity index (χ1v) is 6.93. The van der Waals surface area contributed by atoms with E-state index in [0.29, 0.717) is 12.1 Å². The van der Waals surface area contributed by atoms with Gasteiger partial charge in [-0.05, 0) is 19.8 Å². The van der Waals surface area contributed by atoms with Crippen molar-refractivity contribution in [3.8, 4) is 0 Å². The number of nitrogens with one attached hydrogen (secondary N) is 1. The topological polar surface area (TPSA) is 56.0 Å². The van der Waals surface area contributed by atoms with Crippen LogP contribution in [0.3, 0.4) is 0 Å². The molecular weight excluding hydrogens is 242 g/mol. The van der Waals surface area contributed by atoms with Crippen molar-refractivity contribution in [2.24, 2.45) is 14.1 Å². The Hall–Kier alpha value is -1.36. The van der Waals surface area contributed by atoms with Crippen LogP contribution in [0.15, 0.2) is 15.8 Å². The van der Waals surface area contributed by atoms with Gasteiger partial charge in [-0.2, -0.15) is 0 Å². The molecule has 0 aromatic carbocycles. The van der Waals surface area contributed by atoms with Crippen molar-refractivity contribution in [2.45, 2.75) is 51.1 Å². The predicted octanol–water partition coefficient (Wildman–Crippen LogP) is 0.896. The fraction of sp³-hybridized carbons (Fsp3) is 0.714. The van der Waals surface area contributed by atoms with Crippen LogP contribution in [0.2, 0.25) is 0 Å². The molecule has 1 aliphatic rings. The Balaban J connectivity index is 2.16. The van der Waals surface area contributed by atoms with Crippen molar-refractivity contribution in [3.63, 3.8) is 0 Å². The smallest absolute Gasteiger partial charge is 0.307 e. The number of nitrogens with zero attached hydrogens (tertiary/aromatic N) is 2. The molecule has 1 fully saturated rings. The molecule has 5 nitrogen and oxygen atoms in total. The lowest BCUT2D eigenvalue weighted by molar-refractivity contribution is 0.251. The molecule has 19 heavy (non-hydrogen) atoms. The van der Waals surface area contributed by atoms with E-state index >= 15 is 0 Å². The number of aromatic nitrogens is 2. The van der Waals surface area contributed by atoms with Gasteiger partial charge in [0.1, 0.15) is 0 Å². The molecule has 5 heteroatoms. The van der Waals surface area contributed by atoms with Crippen molar-refractivity contribution in [3.05, 3.63) is 32.6 Å². The number of hydrogen-bond donors (Lipinski definition) is 1. The minimum absolute atomic E-state index is 0.123. The molecule has 0 amide bonds. The summed E-state index contributed by atoms with van der Waals surface area (Å²) in [4.78, 5) is 23.6. The SMILES string of the molecule is Cn1cc(CNC2(C)CCCCC2)c(=O)n(C)c1=O. The maximum absolute atomic E-state index is 12.0. The van der Waals surface area contributed by atoms with E-state index < -0.39 is 0 Å². The molecule has 1 heterocycles. The van der Waals surface area contributed by atoms with Gasteiger partial charge in [-0.1, -0.05) is 19.3 Å². The van der Waals surface area contributed by atoms with E-state index in [1.807, 2.05) is 0 Å². The molecule has 1 aliphatic carbocycles. The van der Waals surface area contributed by atoms with Crippen molar-refractivity contribution in [2.75, 3.05) is 0 Å². The summed E-state index contributed by atoms with van der Waals surface area (Å²) in [5.41, 5.74) is 0.293. The van der Waals surface area contributed by atoms with Gasteiger partial charge in [0.2, 0.25) is 0 Å². The highest BCUT2D eigenvalue weighted by Gasteiger charge is 2.26. The van der Waals surface area contributed by atoms with Crippen LogP contribution in [0.4, 0.5) is 0 Å². The van der Waals surface area contributed by atoms with E-state index in [0.717, 1.165) is 12.8 Å². The molecule has 0 radical (unpaired) electrons. The van der Waals surface area contributed by atoms with Gasteiger partial charge in [0, 0.05) is 37.9 Å². The summed E-state index contributed by atoms with van der Waals surface area (Å²) in [7, 11) is 3.20. The average molecular weight is 265 g/mol. The standard InChI is InChI=1S/C14H23N3O2/c1-14(7-5-4-6-8-14)15-9-11-10-16(2)13(19)17(3)12(11)18/h10,15H,4-9H2,1-3H3. The molecule has 1 aromatic heterocycles. The van der Waals surface area contributed by atoms with Crippen LogP contribution >= 0.6 is 0 Å². The molecule has 0 aliphatic heterocycles. The van der Waals surface area contributed by atoms with E-state index in [2.05, 4.69) is 12.2 Å². The first kappa shape index (κ1) is 14.1. The fourth-order valence-corrected chi connectivity index (χ4v) is 2.82. The molecule has 0 bridgehead atoms. The lowest BCUT2D eigenvalue weighted by Crippen LogP contribution is -2.46. The number of hydrogen-bond acceptors (Lipinski definition) is 3. The molecule has 1 aromatic rings. The van der Waals surface area contributed by atoms with Crippen LogP contribution in [0, 0.1) is 0 Å². The minimum atomic E-state index is -0.280. The van der Waals surface area contributed by atoms with Gasteiger partial charge in [0.15, 0.2) is 0 Å². The summed E-state index contributed by atoms with van der Waals surface area (Å²) in [6.07, 6.45) is 7.74. The van der Waals surface area contributed by atoms with Gasteiger partial charge in [-0.15, -0.1) is 0 Å². The molecule has 1 N–H and O–H groups in total. The molecular formula is C14H23N3O2. The van der Waals surface area contributed by atoms with Crippen LogP contribution in [-0.2, 0) is 20.6 Å². The van der Waals surface area contributed by atoms with E-state index in [-0.39, 0.29) is 16.8 Å². The second kappa shape index (κ2) is 5.33. The second-order valence-corrected chi connectivity index (χ2v) is 5.89. The zero-order chi connectivity index (χ0) is 14.0. The Morgan fingerprint density at radius 2 is 1.84 bits per heavy atom. The average Bonchev–Trinajstić information content (AvgIpc) is 2.40. The Morgan fingerprint density at radius 3 is 2.47 bits per heavy atom. The van der Waals surface area contributed by atoms with Crippen molar-refractivity contribution in [1.29, 1.82) is 0 Å². The molecule has 0 spiro atoms. The number of rotatable bonds is 3. The Kier molecular flexibility index (Phi) is 3.94. The summed E-state index contributed by atoms with van der Waals surface area (Å²) in [6.45, 7) is 2.75. The van der Waals surface area contributed by atoms with Crippen LogP contribution in [0.1, 0.15) is 44.6 Å². The maximum Gasteiger partial charge on any atom is 0.330 e. The van der Waals surface area contributed by atoms with E-state index in [4.69, 9.17) is 0 Å². The van der Waals surface area contributed by atoms with Crippen molar-refractivity contribution in [1.82, 2.24) is 14.5 Å². The molecule has 2 rings (SSSR count). The molecule has 0 unspecified atom stereocenters. The first-order valence-electron chi connectivity index (χ1n) is 6.93. The molecule has 0 atom stereocenters. The van der Waals surface area contributed by atoms with Crippen LogP contribution < -0.4 is 16.6 Å². The normalized spacial score (nSPS) is 18.5. The number of aryl methyl sites for hydroxylation is 1. The lowest BCUT2D eigenvalue weighted by atomic mass is 9.83. The van der Waals surface area contributed by atoms with Gasteiger partial charge in [0.25, 0.3) is 5.56 Å². The summed E-state index contributed by atoms with van der Waals surface area (Å²) >= 11 is 0. The van der Waals surface area contributed by atoms with Gasteiger partial charge in [-0.3, -0.25) is 9.36 Å². The third-order valence-corrected chi connectivity index (χ3v) is 4.18. The highest BCUT2D eigenvalue weighted by molar-refractivity contribution is 5.06. The van der Waals surface area contributed by atoms with Gasteiger partial charge in [0.05, 0.1) is 0 Å². The Labute approximate surface area is 113 Å². The fourth-order valence-electron chi connectivity index (χ4n) is 2.82. The summed E-state index contributed by atoms with van der Waals surface area (Å²) < 4.78 is 2.63. The van der Waals surface area contributed by atoms with Crippen molar-refractivity contribution >= 4 is 0 Å². The summed E-state index contributed by atoms with van der Waals surface area (Å²) in [5, 5.41) is 3.50. The Morgan fingerprint density at radius 1 is 1.21 bits per heavy atom. The van der Waals surface area contributed by atoms with E-state index in [1.165, 1.54) is 35.4 Å².